The van der Waals surface area contributed by atoms with Crippen LogP contribution in [0.15, 0.2) is 60.7 Å². The number of ether oxygens (including phenoxy) is 2. The Bertz CT molecular complexity index is 900. The van der Waals surface area contributed by atoms with Crippen molar-refractivity contribution in [1.29, 1.82) is 0 Å². The summed E-state index contributed by atoms with van der Waals surface area (Å²) in [6.45, 7) is 5.34. The van der Waals surface area contributed by atoms with Gasteiger partial charge in [0.15, 0.2) is 0 Å². The zero-order valence-corrected chi connectivity index (χ0v) is 15.1. The lowest BCUT2D eigenvalue weighted by Crippen LogP contribution is -2.28. The predicted molar refractivity (Wildman–Crippen MR) is 104 cm³/mol. The molecule has 0 aromatic heterocycles. The highest BCUT2D eigenvalue weighted by molar-refractivity contribution is 5.94. The second-order valence-corrected chi connectivity index (χ2v) is 5.99. The normalized spacial score (nSPS) is 10.5. The van der Waals surface area contributed by atoms with Gasteiger partial charge in [0.1, 0.15) is 18.1 Å². The summed E-state index contributed by atoms with van der Waals surface area (Å²) < 4.78 is 11.3. The topological polar surface area (TPSA) is 47.6 Å². The number of hydrogen-bond acceptors (Lipinski definition) is 3. The molecule has 4 nitrogen and oxygen atoms in total. The smallest absolute Gasteiger partial charge is 0.251 e. The standard InChI is InChI=1S/C22H23NO3/c1-3-25-20-12-11-18(15-16(20)2)22(24)23-13-14-26-21-10-6-8-17-7-4-5-9-19(17)21/h4-12,15H,3,13-14H2,1-2H3,(H,23,24). The van der Waals surface area contributed by atoms with E-state index in [1.807, 2.05) is 56.3 Å². The van der Waals surface area contributed by atoms with Gasteiger partial charge in [0.25, 0.3) is 5.91 Å². The quantitative estimate of drug-likeness (QED) is 0.645. The maximum absolute atomic E-state index is 12.3. The SMILES string of the molecule is CCOc1ccc(C(=O)NCCOc2cccc3ccccc23)cc1C. The molecule has 3 aromatic carbocycles. The van der Waals surface area contributed by atoms with Gasteiger partial charge in [-0.3, -0.25) is 4.79 Å². The van der Waals surface area contributed by atoms with Crippen LogP contribution in [-0.4, -0.2) is 25.7 Å². The summed E-state index contributed by atoms with van der Waals surface area (Å²) in [5.74, 6) is 1.52. The molecule has 0 heterocycles. The van der Waals surface area contributed by atoms with Crippen molar-refractivity contribution >= 4 is 16.7 Å². The predicted octanol–water partition coefficient (Wildman–Crippen LogP) is 4.36. The Labute approximate surface area is 153 Å². The van der Waals surface area contributed by atoms with Crippen LogP contribution >= 0.6 is 0 Å². The number of carbonyl (C=O) groups excluding carboxylic acids is 1. The molecule has 4 heteroatoms. The molecule has 0 aliphatic heterocycles. The van der Waals surface area contributed by atoms with E-state index in [1.54, 1.807) is 6.07 Å². The summed E-state index contributed by atoms with van der Waals surface area (Å²) >= 11 is 0. The van der Waals surface area contributed by atoms with Crippen molar-refractivity contribution in [2.24, 2.45) is 0 Å². The molecule has 0 aliphatic carbocycles. The largest absolute Gasteiger partial charge is 0.494 e. The van der Waals surface area contributed by atoms with Gasteiger partial charge in [0, 0.05) is 10.9 Å². The second kappa shape index (κ2) is 8.39. The number of carbonyl (C=O) groups is 1. The maximum atomic E-state index is 12.3. The fourth-order valence-corrected chi connectivity index (χ4v) is 2.86. The Hall–Kier alpha value is -3.01. The van der Waals surface area contributed by atoms with E-state index >= 15 is 0 Å². The van der Waals surface area contributed by atoms with E-state index in [1.165, 1.54) is 0 Å². The Morgan fingerprint density at radius 1 is 0.962 bits per heavy atom. The van der Waals surface area contributed by atoms with Gasteiger partial charge in [0.05, 0.1) is 13.2 Å². The molecule has 0 saturated heterocycles. The highest BCUT2D eigenvalue weighted by Crippen LogP contribution is 2.25. The van der Waals surface area contributed by atoms with E-state index in [-0.39, 0.29) is 5.91 Å². The van der Waals surface area contributed by atoms with Crippen LogP contribution in [0.3, 0.4) is 0 Å². The lowest BCUT2D eigenvalue weighted by molar-refractivity contribution is 0.0947. The van der Waals surface area contributed by atoms with Crippen LogP contribution in [0.25, 0.3) is 10.8 Å². The molecular weight excluding hydrogens is 326 g/mol. The van der Waals surface area contributed by atoms with Crippen LogP contribution < -0.4 is 14.8 Å². The summed E-state index contributed by atoms with van der Waals surface area (Å²) in [6.07, 6.45) is 0. The Morgan fingerprint density at radius 3 is 2.58 bits per heavy atom. The van der Waals surface area contributed by atoms with Gasteiger partial charge in [-0.05, 0) is 49.1 Å². The second-order valence-electron chi connectivity index (χ2n) is 5.99. The van der Waals surface area contributed by atoms with Crippen molar-refractivity contribution in [2.45, 2.75) is 13.8 Å². The highest BCUT2D eigenvalue weighted by atomic mass is 16.5. The van der Waals surface area contributed by atoms with Crippen molar-refractivity contribution in [3.05, 3.63) is 71.8 Å². The molecule has 134 valence electrons. The number of hydrogen-bond donors (Lipinski definition) is 1. The third-order valence-corrected chi connectivity index (χ3v) is 4.13. The first-order chi connectivity index (χ1) is 12.7. The number of aryl methyl sites for hydroxylation is 1. The molecule has 0 fully saturated rings. The van der Waals surface area contributed by atoms with Gasteiger partial charge < -0.3 is 14.8 Å². The van der Waals surface area contributed by atoms with Crippen molar-refractivity contribution in [1.82, 2.24) is 5.32 Å². The van der Waals surface area contributed by atoms with E-state index in [2.05, 4.69) is 17.4 Å². The average molecular weight is 349 g/mol. The summed E-state index contributed by atoms with van der Waals surface area (Å²) in [5, 5.41) is 5.10. The lowest BCUT2D eigenvalue weighted by atomic mass is 10.1. The Kier molecular flexibility index (Phi) is 5.74. The average Bonchev–Trinajstić information content (AvgIpc) is 2.67. The van der Waals surface area contributed by atoms with E-state index in [4.69, 9.17) is 9.47 Å². The van der Waals surface area contributed by atoms with Gasteiger partial charge in [-0.1, -0.05) is 36.4 Å². The summed E-state index contributed by atoms with van der Waals surface area (Å²) in [6, 6.07) is 19.5. The van der Waals surface area contributed by atoms with Gasteiger partial charge in [0.2, 0.25) is 0 Å². The first kappa shape index (κ1) is 17.8. The molecule has 0 atom stereocenters. The summed E-state index contributed by atoms with van der Waals surface area (Å²) in [4.78, 5) is 12.3. The fourth-order valence-electron chi connectivity index (χ4n) is 2.86. The Balaban J connectivity index is 1.54. The molecule has 26 heavy (non-hydrogen) atoms. The molecule has 3 aromatic rings. The van der Waals surface area contributed by atoms with Gasteiger partial charge in [-0.2, -0.15) is 0 Å². The molecule has 0 spiro atoms. The van der Waals surface area contributed by atoms with Gasteiger partial charge in [-0.25, -0.2) is 0 Å². The van der Waals surface area contributed by atoms with Crippen LogP contribution in [0.1, 0.15) is 22.8 Å². The molecule has 1 amide bonds. The maximum Gasteiger partial charge on any atom is 0.251 e. The third-order valence-electron chi connectivity index (χ3n) is 4.13. The molecule has 0 aliphatic rings. The first-order valence-electron chi connectivity index (χ1n) is 8.81. The number of nitrogens with one attached hydrogen (secondary N) is 1. The number of fused-ring (bicyclic) bond motifs is 1. The third kappa shape index (κ3) is 4.14. The van der Waals surface area contributed by atoms with Crippen LogP contribution in [0.5, 0.6) is 11.5 Å². The van der Waals surface area contributed by atoms with Gasteiger partial charge >= 0.3 is 0 Å². The van der Waals surface area contributed by atoms with Crippen LogP contribution in [0.4, 0.5) is 0 Å². The monoisotopic (exact) mass is 349 g/mol. The Morgan fingerprint density at radius 2 is 1.77 bits per heavy atom. The number of amides is 1. The molecular formula is C22H23NO3. The van der Waals surface area contributed by atoms with E-state index in [9.17, 15) is 4.79 Å². The van der Waals surface area contributed by atoms with Crippen LogP contribution in [0, 0.1) is 6.92 Å². The lowest BCUT2D eigenvalue weighted by Gasteiger charge is -2.11. The van der Waals surface area contributed by atoms with Crippen molar-refractivity contribution < 1.29 is 14.3 Å². The van der Waals surface area contributed by atoms with Gasteiger partial charge in [-0.15, -0.1) is 0 Å². The molecule has 0 saturated carbocycles. The van der Waals surface area contributed by atoms with Crippen molar-refractivity contribution in [2.75, 3.05) is 19.8 Å². The zero-order valence-electron chi connectivity index (χ0n) is 15.1. The fraction of sp³-hybridized carbons (Fsp3) is 0.227. The molecule has 3 rings (SSSR count). The molecule has 0 unspecified atom stereocenters. The molecule has 0 bridgehead atoms. The number of rotatable bonds is 7. The van der Waals surface area contributed by atoms with Crippen molar-refractivity contribution in [3.63, 3.8) is 0 Å². The first-order valence-corrected chi connectivity index (χ1v) is 8.81. The van der Waals surface area contributed by atoms with E-state index < -0.39 is 0 Å². The zero-order chi connectivity index (χ0) is 18.4. The molecule has 1 N–H and O–H groups in total. The minimum Gasteiger partial charge on any atom is -0.494 e. The minimum absolute atomic E-state index is 0.113. The number of benzene rings is 3. The highest BCUT2D eigenvalue weighted by Gasteiger charge is 2.08. The summed E-state index contributed by atoms with van der Waals surface area (Å²) in [7, 11) is 0. The van der Waals surface area contributed by atoms with E-state index in [0.717, 1.165) is 27.8 Å². The summed E-state index contributed by atoms with van der Waals surface area (Å²) in [5.41, 5.74) is 1.57. The van der Waals surface area contributed by atoms with Crippen LogP contribution in [0.2, 0.25) is 0 Å². The van der Waals surface area contributed by atoms with Crippen molar-refractivity contribution in [3.8, 4) is 11.5 Å². The van der Waals surface area contributed by atoms with Crippen LogP contribution in [-0.2, 0) is 0 Å². The molecule has 0 radical (unpaired) electrons. The van der Waals surface area contributed by atoms with E-state index in [0.29, 0.717) is 25.3 Å². The minimum atomic E-state index is -0.113.